The van der Waals surface area contributed by atoms with E-state index in [0.29, 0.717) is 22.7 Å². The van der Waals surface area contributed by atoms with Gasteiger partial charge in [-0.15, -0.1) is 0 Å². The van der Waals surface area contributed by atoms with Crippen molar-refractivity contribution < 1.29 is 39.0 Å². The molecule has 0 radical (unpaired) electrons. The number of carbonyl (C=O) groups excluding carboxylic acids is 1. The molecule has 1 aromatic carbocycles. The van der Waals surface area contributed by atoms with Gasteiger partial charge in [0.25, 0.3) is 0 Å². The topological polar surface area (TPSA) is 97.8 Å². The van der Waals surface area contributed by atoms with Gasteiger partial charge in [0, 0.05) is 0 Å². The van der Waals surface area contributed by atoms with Crippen LogP contribution in [-0.2, 0) is 30.5 Å². The summed E-state index contributed by atoms with van der Waals surface area (Å²) in [5, 5.41) is 0. The lowest BCUT2D eigenvalue weighted by atomic mass is 10.1. The van der Waals surface area contributed by atoms with Crippen LogP contribution in [0.25, 0.3) is 0 Å². The van der Waals surface area contributed by atoms with Crippen molar-refractivity contribution in [3.8, 4) is 5.75 Å². The van der Waals surface area contributed by atoms with Crippen LogP contribution in [0.3, 0.4) is 0 Å². The van der Waals surface area contributed by atoms with Crippen LogP contribution in [0, 0.1) is 0 Å². The summed E-state index contributed by atoms with van der Waals surface area (Å²) in [6.07, 6.45) is 1.72. The van der Waals surface area contributed by atoms with E-state index in [4.69, 9.17) is 0 Å². The highest BCUT2D eigenvalue weighted by molar-refractivity contribution is 7.88. The van der Waals surface area contributed by atoms with Gasteiger partial charge in [-0.05, 0) is 30.5 Å². The highest BCUT2D eigenvalue weighted by atomic mass is 32.2. The van der Waals surface area contributed by atoms with Gasteiger partial charge >= 0.3 is 15.6 Å². The summed E-state index contributed by atoms with van der Waals surface area (Å²) in [4.78, 5) is 11.1. The molecule has 1 amide bonds. The van der Waals surface area contributed by atoms with Gasteiger partial charge in [-0.1, -0.05) is 12.1 Å². The number of nitrogens with zero attached hydrogens (tertiary/aromatic N) is 1. The fourth-order valence-electron chi connectivity index (χ4n) is 2.25. The van der Waals surface area contributed by atoms with Crippen molar-refractivity contribution in [1.82, 2.24) is 4.31 Å². The van der Waals surface area contributed by atoms with Crippen molar-refractivity contribution in [2.45, 2.75) is 23.9 Å². The third kappa shape index (κ3) is 3.34. The fourth-order valence-corrected chi connectivity index (χ4v) is 3.78. The molecule has 2 rings (SSSR count). The maximum absolute atomic E-state index is 12.3. The number of sulfonamides is 1. The van der Waals surface area contributed by atoms with Crippen LogP contribution in [0.1, 0.15) is 18.4 Å². The predicted molar refractivity (Wildman–Crippen MR) is 75.7 cm³/mol. The molecule has 0 saturated heterocycles. The first-order valence-electron chi connectivity index (χ1n) is 6.40. The lowest BCUT2D eigenvalue weighted by Crippen LogP contribution is -2.38. The van der Waals surface area contributed by atoms with E-state index in [2.05, 4.69) is 4.18 Å². The molecule has 1 aliphatic carbocycles. The molecule has 0 aromatic heterocycles. The highest BCUT2D eigenvalue weighted by Crippen LogP contribution is 2.51. The van der Waals surface area contributed by atoms with Crippen molar-refractivity contribution in [3.05, 3.63) is 29.8 Å². The first-order valence-corrected chi connectivity index (χ1v) is 9.65. The molecular weight excluding hydrogens is 375 g/mol. The number of hydrogen-bond donors (Lipinski definition) is 0. The van der Waals surface area contributed by atoms with E-state index < -0.39 is 36.9 Å². The zero-order valence-corrected chi connectivity index (χ0v) is 13.8. The molecule has 1 aliphatic rings. The molecule has 0 atom stereocenters. The fraction of sp³-hybridized carbons (Fsp3) is 0.417. The molecule has 1 saturated carbocycles. The van der Waals surface area contributed by atoms with E-state index in [0.717, 1.165) is 18.4 Å². The van der Waals surface area contributed by atoms with Crippen LogP contribution in [-0.4, -0.2) is 39.3 Å². The van der Waals surface area contributed by atoms with Crippen LogP contribution in [0.5, 0.6) is 5.75 Å². The molecule has 0 N–H and O–H groups in total. The Hall–Kier alpha value is -1.82. The summed E-state index contributed by atoms with van der Waals surface area (Å²) in [6.45, 7) is 0. The highest BCUT2D eigenvalue weighted by Gasteiger charge is 2.53. The minimum Gasteiger partial charge on any atom is -0.376 e. The first kappa shape index (κ1) is 18.5. The summed E-state index contributed by atoms with van der Waals surface area (Å²) in [7, 11) is -9.62. The number of hydrogen-bond acceptors (Lipinski definition) is 6. The summed E-state index contributed by atoms with van der Waals surface area (Å²) < 4.78 is 86.5. The maximum Gasteiger partial charge on any atom is 0.534 e. The van der Waals surface area contributed by atoms with Gasteiger partial charge in [0.05, 0.1) is 11.8 Å². The Bertz CT molecular complexity index is 842. The molecule has 0 aliphatic heterocycles. The number of rotatable bonds is 6. The third-order valence-corrected chi connectivity index (χ3v) is 5.61. The van der Waals surface area contributed by atoms with Crippen LogP contribution < -0.4 is 4.18 Å². The van der Waals surface area contributed by atoms with Gasteiger partial charge in [0.2, 0.25) is 16.4 Å². The number of benzene rings is 1. The van der Waals surface area contributed by atoms with Crippen molar-refractivity contribution in [3.63, 3.8) is 0 Å². The average molecular weight is 387 g/mol. The molecule has 12 heteroatoms. The largest absolute Gasteiger partial charge is 0.534 e. The minimum absolute atomic E-state index is 0.168. The number of alkyl halides is 3. The zero-order chi connectivity index (χ0) is 18.4. The van der Waals surface area contributed by atoms with Gasteiger partial charge < -0.3 is 4.18 Å². The zero-order valence-electron chi connectivity index (χ0n) is 12.1. The third-order valence-electron chi connectivity index (χ3n) is 3.48. The molecule has 0 unspecified atom stereocenters. The van der Waals surface area contributed by atoms with E-state index in [1.54, 1.807) is 0 Å². The van der Waals surface area contributed by atoms with E-state index in [1.807, 2.05) is 0 Å². The predicted octanol–water partition coefficient (Wildman–Crippen LogP) is 1.32. The number of halogens is 3. The van der Waals surface area contributed by atoms with Crippen LogP contribution in [0.15, 0.2) is 24.3 Å². The van der Waals surface area contributed by atoms with E-state index >= 15 is 0 Å². The second-order valence-electron chi connectivity index (χ2n) is 5.20. The molecule has 0 bridgehead atoms. The molecule has 7 nitrogen and oxygen atoms in total. The Morgan fingerprint density at radius 3 is 1.96 bits per heavy atom. The van der Waals surface area contributed by atoms with Crippen LogP contribution in [0.2, 0.25) is 0 Å². The smallest absolute Gasteiger partial charge is 0.376 e. The van der Waals surface area contributed by atoms with E-state index in [9.17, 15) is 34.8 Å². The van der Waals surface area contributed by atoms with Gasteiger partial charge in [-0.2, -0.15) is 21.6 Å². The number of amides is 1. The molecule has 1 fully saturated rings. The standard InChI is InChI=1S/C12H12F3NO6S2/c1-23(18,19)16(8-17)11(6-7-11)9-2-4-10(5-3-9)22-24(20,21)12(13,14)15/h2-5,8H,6-7H2,1H3. The van der Waals surface area contributed by atoms with Gasteiger partial charge in [0.15, 0.2) is 0 Å². The van der Waals surface area contributed by atoms with Crippen molar-refractivity contribution >= 4 is 26.6 Å². The number of carbonyl (C=O) groups is 1. The molecule has 0 spiro atoms. The summed E-state index contributed by atoms with van der Waals surface area (Å²) in [5.74, 6) is -0.580. The Balaban J connectivity index is 2.29. The van der Waals surface area contributed by atoms with Crippen molar-refractivity contribution in [1.29, 1.82) is 0 Å². The van der Waals surface area contributed by atoms with Gasteiger partial charge in [0.1, 0.15) is 5.75 Å². The molecule has 0 heterocycles. The maximum atomic E-state index is 12.3. The second kappa shape index (κ2) is 5.62. The molecule has 1 aromatic rings. The second-order valence-corrected chi connectivity index (χ2v) is 8.60. The summed E-state index contributed by atoms with van der Waals surface area (Å²) in [5.41, 5.74) is -6.32. The monoisotopic (exact) mass is 387 g/mol. The van der Waals surface area contributed by atoms with Crippen LogP contribution in [0.4, 0.5) is 13.2 Å². The normalized spacial score (nSPS) is 17.2. The lowest BCUT2D eigenvalue weighted by Gasteiger charge is -2.26. The summed E-state index contributed by atoms with van der Waals surface area (Å²) in [6, 6.07) is 4.36. The summed E-state index contributed by atoms with van der Waals surface area (Å²) >= 11 is 0. The average Bonchev–Trinajstić information content (AvgIpc) is 3.18. The van der Waals surface area contributed by atoms with E-state index in [1.165, 1.54) is 12.1 Å². The SMILES string of the molecule is CS(=O)(=O)N(C=O)C1(c2ccc(OS(=O)(=O)C(F)(F)F)cc2)CC1. The van der Waals surface area contributed by atoms with Gasteiger partial charge in [-0.3, -0.25) is 4.79 Å². The Kier molecular flexibility index (Phi) is 4.34. The Labute approximate surface area is 136 Å². The lowest BCUT2D eigenvalue weighted by molar-refractivity contribution is -0.116. The molecule has 134 valence electrons. The van der Waals surface area contributed by atoms with Gasteiger partial charge in [-0.25, -0.2) is 12.7 Å². The van der Waals surface area contributed by atoms with E-state index in [-0.39, 0.29) is 6.41 Å². The van der Waals surface area contributed by atoms with Crippen molar-refractivity contribution in [2.24, 2.45) is 0 Å². The molecule has 24 heavy (non-hydrogen) atoms. The van der Waals surface area contributed by atoms with Crippen LogP contribution >= 0.6 is 0 Å². The van der Waals surface area contributed by atoms with Crippen molar-refractivity contribution in [2.75, 3.05) is 6.26 Å². The first-order chi connectivity index (χ1) is 10.8. The Morgan fingerprint density at radius 2 is 1.62 bits per heavy atom. The minimum atomic E-state index is -5.79. The molecular formula is C12H12F3NO6S2. The Morgan fingerprint density at radius 1 is 1.12 bits per heavy atom. The quantitative estimate of drug-likeness (QED) is 0.415.